The Kier molecular flexibility index (Phi) is 11.0. The largest absolute Gasteiger partial charge is 0.387 e. The van der Waals surface area contributed by atoms with Gasteiger partial charge in [-0.3, -0.25) is 4.98 Å². The molecule has 0 aliphatic heterocycles. The zero-order valence-corrected chi connectivity index (χ0v) is 20.7. The van der Waals surface area contributed by atoms with Gasteiger partial charge in [-0.2, -0.15) is 0 Å². The molecule has 1 aromatic heterocycles. The lowest BCUT2D eigenvalue weighted by atomic mass is 9.94. The molecule has 3 rings (SSSR count). The number of benzene rings is 1. The van der Waals surface area contributed by atoms with Gasteiger partial charge in [-0.25, -0.2) is 0 Å². The maximum absolute atomic E-state index is 11.1. The van der Waals surface area contributed by atoms with E-state index in [9.17, 15) is 5.11 Å². The lowest BCUT2D eigenvalue weighted by Crippen LogP contribution is -2.31. The van der Waals surface area contributed by atoms with Crippen molar-refractivity contribution in [3.05, 3.63) is 41.1 Å². The highest BCUT2D eigenvalue weighted by atomic mass is 16.3. The first kappa shape index (κ1) is 25.2. The van der Waals surface area contributed by atoms with Crippen molar-refractivity contribution >= 4 is 10.9 Å². The average Bonchev–Trinajstić information content (AvgIpc) is 2.81. The summed E-state index contributed by atoms with van der Waals surface area (Å²) in [6.45, 7) is 7.50. The fourth-order valence-corrected chi connectivity index (χ4v) is 5.05. The molecule has 2 aromatic rings. The number of aliphatic hydroxyl groups excluding tert-OH is 1. The second-order valence-electron chi connectivity index (χ2n) is 9.90. The molecule has 0 bridgehead atoms. The molecular weight excluding hydrogens is 392 g/mol. The van der Waals surface area contributed by atoms with Gasteiger partial charge in [0.15, 0.2) is 0 Å². The molecule has 1 N–H and O–H groups in total. The summed E-state index contributed by atoms with van der Waals surface area (Å²) in [5, 5.41) is 12.3. The zero-order chi connectivity index (χ0) is 22.6. The Bertz CT molecular complexity index is 789. The first-order valence-corrected chi connectivity index (χ1v) is 13.5. The normalized spacial score (nSPS) is 14.8. The highest BCUT2D eigenvalue weighted by Crippen LogP contribution is 2.26. The standard InChI is InChI=1S/C29H46N2O/c1-3-5-7-9-13-19-31(20-14-10-8-6-4-2)23-29(32)25-17-18-28-26(22-25)21-24-15-11-12-16-27(24)30-28/h17-18,21-22,29,32H,3-16,19-20,23H2,1-2H3. The van der Waals surface area contributed by atoms with E-state index in [0.29, 0.717) is 0 Å². The molecule has 1 heterocycles. The number of nitrogens with zero attached hydrogens (tertiary/aromatic N) is 2. The van der Waals surface area contributed by atoms with Gasteiger partial charge < -0.3 is 10.0 Å². The minimum absolute atomic E-state index is 0.429. The van der Waals surface area contributed by atoms with Crippen LogP contribution in [0.4, 0.5) is 0 Å². The van der Waals surface area contributed by atoms with Crippen LogP contribution in [0.1, 0.15) is 114 Å². The van der Waals surface area contributed by atoms with E-state index in [0.717, 1.165) is 43.6 Å². The molecule has 32 heavy (non-hydrogen) atoms. The molecular formula is C29H46N2O. The van der Waals surface area contributed by atoms with Crippen LogP contribution in [0.15, 0.2) is 24.3 Å². The van der Waals surface area contributed by atoms with Crippen molar-refractivity contribution in [2.45, 2.75) is 110 Å². The Hall–Kier alpha value is -1.45. The van der Waals surface area contributed by atoms with Crippen LogP contribution in [0.25, 0.3) is 10.9 Å². The average molecular weight is 439 g/mol. The number of hydrogen-bond donors (Lipinski definition) is 1. The third kappa shape index (κ3) is 7.85. The van der Waals surface area contributed by atoms with Crippen LogP contribution < -0.4 is 0 Å². The number of pyridine rings is 1. The maximum Gasteiger partial charge on any atom is 0.0917 e. The van der Waals surface area contributed by atoms with Gasteiger partial charge in [0.2, 0.25) is 0 Å². The molecule has 0 radical (unpaired) electrons. The molecule has 1 unspecified atom stereocenters. The molecule has 3 nitrogen and oxygen atoms in total. The molecule has 3 heteroatoms. The van der Waals surface area contributed by atoms with Gasteiger partial charge in [-0.1, -0.05) is 71.3 Å². The first-order chi connectivity index (χ1) is 15.7. The van der Waals surface area contributed by atoms with Crippen LogP contribution in [-0.2, 0) is 12.8 Å². The summed E-state index contributed by atoms with van der Waals surface area (Å²) in [6, 6.07) is 8.72. The molecule has 0 saturated carbocycles. The minimum atomic E-state index is -0.429. The van der Waals surface area contributed by atoms with Gasteiger partial charge in [0.25, 0.3) is 0 Å². The van der Waals surface area contributed by atoms with E-state index < -0.39 is 6.10 Å². The van der Waals surface area contributed by atoms with Crippen molar-refractivity contribution in [2.24, 2.45) is 0 Å². The van der Waals surface area contributed by atoms with Gasteiger partial charge in [-0.05, 0) is 80.9 Å². The van der Waals surface area contributed by atoms with Gasteiger partial charge in [0.1, 0.15) is 0 Å². The summed E-state index contributed by atoms with van der Waals surface area (Å²) in [5.41, 5.74) is 4.81. The molecule has 0 amide bonds. The topological polar surface area (TPSA) is 36.4 Å². The Morgan fingerprint density at radius 2 is 1.50 bits per heavy atom. The molecule has 0 saturated heterocycles. The number of unbranched alkanes of at least 4 members (excludes halogenated alkanes) is 8. The fraction of sp³-hybridized carbons (Fsp3) is 0.690. The van der Waals surface area contributed by atoms with Gasteiger partial charge in [0.05, 0.1) is 11.6 Å². The Labute approximate surface area is 196 Å². The third-order valence-electron chi connectivity index (χ3n) is 7.09. The van der Waals surface area contributed by atoms with Crippen molar-refractivity contribution in [1.29, 1.82) is 0 Å². The second kappa shape index (κ2) is 14.0. The van der Waals surface area contributed by atoms with Crippen LogP contribution in [-0.4, -0.2) is 34.6 Å². The molecule has 1 aliphatic carbocycles. The third-order valence-corrected chi connectivity index (χ3v) is 7.09. The minimum Gasteiger partial charge on any atom is -0.387 e. The number of aromatic nitrogens is 1. The first-order valence-electron chi connectivity index (χ1n) is 13.5. The summed E-state index contributed by atoms with van der Waals surface area (Å²) in [7, 11) is 0. The maximum atomic E-state index is 11.1. The Morgan fingerprint density at radius 1 is 0.844 bits per heavy atom. The SMILES string of the molecule is CCCCCCCN(CCCCCCC)CC(O)c1ccc2nc3c(cc2c1)CCCC3. The zero-order valence-electron chi connectivity index (χ0n) is 20.7. The summed E-state index contributed by atoms with van der Waals surface area (Å²) < 4.78 is 0. The highest BCUT2D eigenvalue weighted by Gasteiger charge is 2.16. The summed E-state index contributed by atoms with van der Waals surface area (Å²) in [4.78, 5) is 7.43. The Balaban J connectivity index is 1.60. The Morgan fingerprint density at radius 3 is 2.19 bits per heavy atom. The van der Waals surface area contributed by atoms with E-state index in [1.54, 1.807) is 0 Å². The molecule has 1 aromatic carbocycles. The van der Waals surface area contributed by atoms with E-state index in [-0.39, 0.29) is 0 Å². The fourth-order valence-electron chi connectivity index (χ4n) is 5.05. The molecule has 1 atom stereocenters. The molecule has 178 valence electrons. The lowest BCUT2D eigenvalue weighted by molar-refractivity contribution is 0.110. The molecule has 1 aliphatic rings. The predicted molar refractivity (Wildman–Crippen MR) is 137 cm³/mol. The van der Waals surface area contributed by atoms with Crippen LogP contribution >= 0.6 is 0 Å². The van der Waals surface area contributed by atoms with E-state index in [4.69, 9.17) is 4.98 Å². The number of hydrogen-bond acceptors (Lipinski definition) is 3. The highest BCUT2D eigenvalue weighted by molar-refractivity contribution is 5.80. The van der Waals surface area contributed by atoms with Crippen LogP contribution in [0.2, 0.25) is 0 Å². The van der Waals surface area contributed by atoms with E-state index in [1.165, 1.54) is 93.7 Å². The van der Waals surface area contributed by atoms with Crippen molar-refractivity contribution < 1.29 is 5.11 Å². The molecule has 0 spiro atoms. The summed E-state index contributed by atoms with van der Waals surface area (Å²) in [6.07, 6.45) is 17.4. The van der Waals surface area contributed by atoms with Crippen LogP contribution in [0.3, 0.4) is 0 Å². The number of fused-ring (bicyclic) bond motifs is 2. The molecule has 0 fully saturated rings. The number of aryl methyl sites for hydroxylation is 2. The van der Waals surface area contributed by atoms with Crippen molar-refractivity contribution in [2.75, 3.05) is 19.6 Å². The van der Waals surface area contributed by atoms with E-state index in [2.05, 4.69) is 43.0 Å². The summed E-state index contributed by atoms with van der Waals surface area (Å²) in [5.74, 6) is 0. The monoisotopic (exact) mass is 438 g/mol. The van der Waals surface area contributed by atoms with Gasteiger partial charge in [0, 0.05) is 17.6 Å². The lowest BCUT2D eigenvalue weighted by Gasteiger charge is -2.25. The predicted octanol–water partition coefficient (Wildman–Crippen LogP) is 7.39. The van der Waals surface area contributed by atoms with Crippen molar-refractivity contribution in [3.63, 3.8) is 0 Å². The van der Waals surface area contributed by atoms with Crippen molar-refractivity contribution in [3.8, 4) is 0 Å². The quantitative estimate of drug-likeness (QED) is 0.294. The van der Waals surface area contributed by atoms with Gasteiger partial charge >= 0.3 is 0 Å². The van der Waals surface area contributed by atoms with Crippen molar-refractivity contribution in [1.82, 2.24) is 9.88 Å². The number of rotatable bonds is 15. The smallest absolute Gasteiger partial charge is 0.0917 e. The summed E-state index contributed by atoms with van der Waals surface area (Å²) >= 11 is 0. The number of aliphatic hydroxyl groups is 1. The second-order valence-corrected chi connectivity index (χ2v) is 9.90. The van der Waals surface area contributed by atoms with Crippen LogP contribution in [0.5, 0.6) is 0 Å². The van der Waals surface area contributed by atoms with Crippen LogP contribution in [0, 0.1) is 0 Å². The van der Waals surface area contributed by atoms with Gasteiger partial charge in [-0.15, -0.1) is 0 Å². The van der Waals surface area contributed by atoms with E-state index in [1.807, 2.05) is 0 Å². The van der Waals surface area contributed by atoms with E-state index >= 15 is 0 Å².